The van der Waals surface area contributed by atoms with E-state index in [2.05, 4.69) is 43.4 Å². The Bertz CT molecular complexity index is 337. The van der Waals surface area contributed by atoms with E-state index in [0.29, 0.717) is 12.0 Å². The molecule has 1 aromatic carbocycles. The minimum absolute atomic E-state index is 0.375. The van der Waals surface area contributed by atoms with Gasteiger partial charge in [-0.15, -0.1) is 0 Å². The molecule has 96 valence electrons. The van der Waals surface area contributed by atoms with Gasteiger partial charge in [0.05, 0.1) is 0 Å². The highest BCUT2D eigenvalue weighted by molar-refractivity contribution is 7.84. The molecule has 0 saturated carbocycles. The Morgan fingerprint density at radius 1 is 1.24 bits per heavy atom. The van der Waals surface area contributed by atoms with Gasteiger partial charge >= 0.3 is 0 Å². The number of nitrogens with one attached hydrogen (secondary N) is 1. The Labute approximate surface area is 107 Å². The highest BCUT2D eigenvalue weighted by Gasteiger charge is 2.12. The molecule has 1 rings (SSSR count). The highest BCUT2D eigenvalue weighted by atomic mass is 32.2. The van der Waals surface area contributed by atoms with Gasteiger partial charge in [-0.3, -0.25) is 4.21 Å². The van der Waals surface area contributed by atoms with Crippen molar-refractivity contribution < 1.29 is 4.21 Å². The summed E-state index contributed by atoms with van der Waals surface area (Å²) in [5.41, 5.74) is 1.32. The SMILES string of the molecule is CC(C)CC(NCCS(C)=O)c1ccccc1. The first-order valence-electron chi connectivity index (χ1n) is 6.18. The Morgan fingerprint density at radius 2 is 1.88 bits per heavy atom. The van der Waals surface area contributed by atoms with Gasteiger partial charge in [0.2, 0.25) is 0 Å². The molecule has 1 N–H and O–H groups in total. The average molecular weight is 253 g/mol. The van der Waals surface area contributed by atoms with Gasteiger partial charge in [-0.2, -0.15) is 0 Å². The van der Waals surface area contributed by atoms with Crippen LogP contribution in [0.1, 0.15) is 31.9 Å². The van der Waals surface area contributed by atoms with Gasteiger partial charge in [-0.1, -0.05) is 44.2 Å². The zero-order chi connectivity index (χ0) is 12.7. The van der Waals surface area contributed by atoms with E-state index in [0.717, 1.165) is 18.7 Å². The van der Waals surface area contributed by atoms with Gasteiger partial charge in [0.15, 0.2) is 0 Å². The summed E-state index contributed by atoms with van der Waals surface area (Å²) in [6.07, 6.45) is 2.86. The Hall–Kier alpha value is -0.670. The summed E-state index contributed by atoms with van der Waals surface area (Å²) >= 11 is 0. The van der Waals surface area contributed by atoms with E-state index in [1.807, 2.05) is 6.07 Å². The van der Waals surface area contributed by atoms with Crippen molar-refractivity contribution in [1.82, 2.24) is 5.32 Å². The monoisotopic (exact) mass is 253 g/mol. The van der Waals surface area contributed by atoms with Crippen LogP contribution in [0.25, 0.3) is 0 Å². The molecule has 0 radical (unpaired) electrons. The number of rotatable bonds is 7. The normalized spacial score (nSPS) is 14.8. The van der Waals surface area contributed by atoms with Crippen molar-refractivity contribution >= 4 is 10.8 Å². The maximum absolute atomic E-state index is 11.1. The Kier molecular flexibility index (Phi) is 6.45. The Morgan fingerprint density at radius 3 is 2.41 bits per heavy atom. The number of hydrogen-bond acceptors (Lipinski definition) is 2. The molecule has 0 aromatic heterocycles. The van der Waals surface area contributed by atoms with Crippen molar-refractivity contribution in [3.05, 3.63) is 35.9 Å². The summed E-state index contributed by atoms with van der Waals surface area (Å²) in [4.78, 5) is 0. The molecule has 0 heterocycles. The number of hydrogen-bond donors (Lipinski definition) is 1. The molecule has 0 aliphatic carbocycles. The van der Waals surface area contributed by atoms with Gasteiger partial charge < -0.3 is 5.32 Å². The van der Waals surface area contributed by atoms with Crippen molar-refractivity contribution in [3.63, 3.8) is 0 Å². The molecule has 0 amide bonds. The maximum Gasteiger partial charge on any atom is 0.0357 e. The first kappa shape index (κ1) is 14.4. The molecule has 2 nitrogen and oxygen atoms in total. The molecule has 3 heteroatoms. The van der Waals surface area contributed by atoms with Crippen LogP contribution in [0, 0.1) is 5.92 Å². The lowest BCUT2D eigenvalue weighted by molar-refractivity contribution is 0.439. The van der Waals surface area contributed by atoms with Crippen molar-refractivity contribution in [3.8, 4) is 0 Å². The van der Waals surface area contributed by atoms with Gasteiger partial charge in [-0.05, 0) is 17.9 Å². The summed E-state index contributed by atoms with van der Waals surface area (Å²) in [5, 5.41) is 3.51. The molecule has 17 heavy (non-hydrogen) atoms. The van der Waals surface area contributed by atoms with Crippen LogP contribution in [0.2, 0.25) is 0 Å². The van der Waals surface area contributed by atoms with Crippen molar-refractivity contribution in [1.29, 1.82) is 0 Å². The second kappa shape index (κ2) is 7.62. The molecule has 2 atom stereocenters. The standard InChI is InChI=1S/C14H23NOS/c1-12(2)11-14(15-9-10-17(3)16)13-7-5-4-6-8-13/h4-8,12,14-15H,9-11H2,1-3H3. The van der Waals surface area contributed by atoms with E-state index in [1.165, 1.54) is 5.56 Å². The lowest BCUT2D eigenvalue weighted by Gasteiger charge is -2.21. The first-order chi connectivity index (χ1) is 8.09. The Balaban J connectivity index is 2.58. The number of benzene rings is 1. The minimum Gasteiger partial charge on any atom is -0.309 e. The summed E-state index contributed by atoms with van der Waals surface area (Å²) in [5.74, 6) is 1.38. The molecule has 0 spiro atoms. The fourth-order valence-electron chi connectivity index (χ4n) is 1.87. The second-order valence-corrected chi connectivity index (χ2v) is 6.38. The van der Waals surface area contributed by atoms with E-state index in [4.69, 9.17) is 0 Å². The topological polar surface area (TPSA) is 29.1 Å². The third-order valence-corrected chi connectivity index (χ3v) is 3.47. The largest absolute Gasteiger partial charge is 0.309 e. The predicted octanol–water partition coefficient (Wildman–Crippen LogP) is 2.74. The minimum atomic E-state index is -0.714. The fraction of sp³-hybridized carbons (Fsp3) is 0.571. The predicted molar refractivity (Wildman–Crippen MR) is 75.6 cm³/mol. The van der Waals surface area contributed by atoms with E-state index in [1.54, 1.807) is 6.26 Å². The van der Waals surface area contributed by atoms with E-state index < -0.39 is 10.8 Å². The third-order valence-electron chi connectivity index (χ3n) is 2.69. The lowest BCUT2D eigenvalue weighted by atomic mass is 9.97. The van der Waals surface area contributed by atoms with Crippen LogP contribution < -0.4 is 5.32 Å². The fourth-order valence-corrected chi connectivity index (χ4v) is 2.28. The summed E-state index contributed by atoms with van der Waals surface area (Å²) in [6.45, 7) is 5.28. The summed E-state index contributed by atoms with van der Waals surface area (Å²) in [7, 11) is -0.714. The van der Waals surface area contributed by atoms with Crippen molar-refractivity contribution in [2.75, 3.05) is 18.6 Å². The van der Waals surface area contributed by atoms with Crippen LogP contribution in [-0.2, 0) is 10.8 Å². The summed E-state index contributed by atoms with van der Waals surface area (Å²) in [6, 6.07) is 10.9. The van der Waals surface area contributed by atoms with Crippen LogP contribution in [0.15, 0.2) is 30.3 Å². The molecule has 0 aliphatic rings. The third kappa shape index (κ3) is 5.99. The van der Waals surface area contributed by atoms with Crippen LogP contribution >= 0.6 is 0 Å². The molecular weight excluding hydrogens is 230 g/mol. The van der Waals surface area contributed by atoms with Crippen LogP contribution in [-0.4, -0.2) is 22.8 Å². The highest BCUT2D eigenvalue weighted by Crippen LogP contribution is 2.20. The van der Waals surface area contributed by atoms with E-state index in [-0.39, 0.29) is 0 Å². The van der Waals surface area contributed by atoms with Crippen LogP contribution in [0.3, 0.4) is 0 Å². The molecule has 0 saturated heterocycles. The molecule has 0 bridgehead atoms. The van der Waals surface area contributed by atoms with Crippen LogP contribution in [0.4, 0.5) is 0 Å². The molecular formula is C14H23NOS. The van der Waals surface area contributed by atoms with E-state index >= 15 is 0 Å². The molecule has 0 aliphatic heterocycles. The quantitative estimate of drug-likeness (QED) is 0.809. The smallest absolute Gasteiger partial charge is 0.0357 e. The average Bonchev–Trinajstić information content (AvgIpc) is 2.28. The zero-order valence-electron chi connectivity index (χ0n) is 11.0. The van der Waals surface area contributed by atoms with Crippen molar-refractivity contribution in [2.24, 2.45) is 5.92 Å². The van der Waals surface area contributed by atoms with Gasteiger partial charge in [0.1, 0.15) is 0 Å². The lowest BCUT2D eigenvalue weighted by Crippen LogP contribution is -2.26. The zero-order valence-corrected chi connectivity index (χ0v) is 11.8. The molecule has 1 aromatic rings. The first-order valence-corrected chi connectivity index (χ1v) is 7.90. The van der Waals surface area contributed by atoms with Gasteiger partial charge in [-0.25, -0.2) is 0 Å². The molecule has 2 unspecified atom stereocenters. The molecule has 0 fully saturated rings. The maximum atomic E-state index is 11.1. The van der Waals surface area contributed by atoms with E-state index in [9.17, 15) is 4.21 Å². The summed E-state index contributed by atoms with van der Waals surface area (Å²) < 4.78 is 11.1. The van der Waals surface area contributed by atoms with Crippen molar-refractivity contribution in [2.45, 2.75) is 26.3 Å². The van der Waals surface area contributed by atoms with Gasteiger partial charge in [0, 0.05) is 35.4 Å². The second-order valence-electron chi connectivity index (χ2n) is 4.82. The van der Waals surface area contributed by atoms with Gasteiger partial charge in [0.25, 0.3) is 0 Å². The van der Waals surface area contributed by atoms with Crippen LogP contribution in [0.5, 0.6) is 0 Å².